The van der Waals surface area contributed by atoms with Gasteiger partial charge >= 0.3 is 0 Å². The first-order chi connectivity index (χ1) is 12.6. The summed E-state index contributed by atoms with van der Waals surface area (Å²) < 4.78 is 5.60. The van der Waals surface area contributed by atoms with Gasteiger partial charge in [-0.05, 0) is 37.1 Å². The summed E-state index contributed by atoms with van der Waals surface area (Å²) in [6, 6.07) is 15.0. The van der Waals surface area contributed by atoms with Crippen molar-refractivity contribution in [1.29, 1.82) is 0 Å². The molecule has 2 amide bonds. The summed E-state index contributed by atoms with van der Waals surface area (Å²) in [5.41, 5.74) is 2.82. The molecule has 0 radical (unpaired) electrons. The fraction of sp³-hybridized carbons (Fsp3) is 0.300. The van der Waals surface area contributed by atoms with E-state index in [0.717, 1.165) is 16.9 Å². The average molecular weight is 351 g/mol. The number of anilines is 2. The third-order valence-corrected chi connectivity index (χ3v) is 4.89. The lowest BCUT2D eigenvalue weighted by Crippen LogP contribution is -2.44. The molecule has 2 atom stereocenters. The molecule has 2 aliphatic rings. The van der Waals surface area contributed by atoms with Gasteiger partial charge in [-0.25, -0.2) is 0 Å². The highest BCUT2D eigenvalue weighted by molar-refractivity contribution is 6.04. The van der Waals surface area contributed by atoms with Crippen LogP contribution in [0.2, 0.25) is 0 Å². The molecule has 2 N–H and O–H groups in total. The zero-order valence-corrected chi connectivity index (χ0v) is 14.6. The van der Waals surface area contributed by atoms with Crippen LogP contribution in [-0.4, -0.2) is 37.0 Å². The Hall–Kier alpha value is -3.02. The van der Waals surface area contributed by atoms with E-state index in [1.54, 1.807) is 0 Å². The van der Waals surface area contributed by atoms with Crippen LogP contribution < -0.4 is 20.3 Å². The summed E-state index contributed by atoms with van der Waals surface area (Å²) in [5, 5.41) is 5.93. The summed E-state index contributed by atoms with van der Waals surface area (Å²) in [7, 11) is 0. The Morgan fingerprint density at radius 1 is 1.23 bits per heavy atom. The topological polar surface area (TPSA) is 70.7 Å². The van der Waals surface area contributed by atoms with E-state index in [0.29, 0.717) is 18.7 Å². The van der Waals surface area contributed by atoms with Crippen LogP contribution in [0.15, 0.2) is 48.5 Å². The van der Waals surface area contributed by atoms with Gasteiger partial charge in [-0.2, -0.15) is 0 Å². The van der Waals surface area contributed by atoms with Crippen molar-refractivity contribution in [3.05, 3.63) is 54.1 Å². The Balaban J connectivity index is 1.38. The van der Waals surface area contributed by atoms with E-state index in [9.17, 15) is 9.59 Å². The van der Waals surface area contributed by atoms with Crippen molar-refractivity contribution in [3.63, 3.8) is 0 Å². The van der Waals surface area contributed by atoms with Crippen molar-refractivity contribution in [2.75, 3.05) is 23.4 Å². The normalized spacial score (nSPS) is 20.8. The molecule has 2 unspecified atom stereocenters. The number of rotatable bonds is 4. The molecule has 26 heavy (non-hydrogen) atoms. The molecule has 0 spiro atoms. The van der Waals surface area contributed by atoms with Crippen LogP contribution in [-0.2, 0) is 9.59 Å². The second-order valence-electron chi connectivity index (χ2n) is 6.73. The third-order valence-electron chi connectivity index (χ3n) is 4.89. The lowest BCUT2D eigenvalue weighted by molar-refractivity contribution is -0.124. The van der Waals surface area contributed by atoms with Crippen molar-refractivity contribution in [2.45, 2.75) is 25.4 Å². The lowest BCUT2D eigenvalue weighted by Gasteiger charge is -2.32. The maximum atomic E-state index is 12.3. The van der Waals surface area contributed by atoms with Gasteiger partial charge in [-0.1, -0.05) is 30.3 Å². The number of nitrogens with one attached hydrogen (secondary N) is 2. The number of hydrogen-bond acceptors (Lipinski definition) is 4. The van der Waals surface area contributed by atoms with Crippen molar-refractivity contribution < 1.29 is 14.3 Å². The van der Waals surface area contributed by atoms with Gasteiger partial charge in [0.25, 0.3) is 5.91 Å². The zero-order valence-electron chi connectivity index (χ0n) is 14.6. The van der Waals surface area contributed by atoms with Crippen LogP contribution >= 0.6 is 0 Å². The SMILES string of the molecule is Cc1ccccc1OCC(=O)NC1CC2C(=O)Nc3ccccc3N2C1. The second kappa shape index (κ2) is 6.71. The van der Waals surface area contributed by atoms with Crippen LogP contribution in [0.5, 0.6) is 5.75 Å². The van der Waals surface area contributed by atoms with Crippen molar-refractivity contribution in [2.24, 2.45) is 0 Å². The van der Waals surface area contributed by atoms with Gasteiger partial charge in [0.2, 0.25) is 5.91 Å². The molecule has 134 valence electrons. The monoisotopic (exact) mass is 351 g/mol. The molecule has 2 heterocycles. The fourth-order valence-corrected chi connectivity index (χ4v) is 3.63. The molecular weight excluding hydrogens is 330 g/mol. The summed E-state index contributed by atoms with van der Waals surface area (Å²) in [5.74, 6) is 0.517. The number of carbonyl (C=O) groups excluding carboxylic acids is 2. The third kappa shape index (κ3) is 3.10. The fourth-order valence-electron chi connectivity index (χ4n) is 3.63. The van der Waals surface area contributed by atoms with Crippen LogP contribution in [0.25, 0.3) is 0 Å². The van der Waals surface area contributed by atoms with Crippen molar-refractivity contribution in [1.82, 2.24) is 5.32 Å². The first kappa shape index (κ1) is 16.4. The number of fused-ring (bicyclic) bond motifs is 3. The standard InChI is InChI=1S/C20H21N3O3/c1-13-6-2-5-9-18(13)26-12-19(24)21-14-10-17-20(25)22-15-7-3-4-8-16(15)23(17)11-14/h2-9,14,17H,10-12H2,1H3,(H,21,24)(H,22,25). The number of carbonyl (C=O) groups is 2. The number of hydrogen-bond donors (Lipinski definition) is 2. The highest BCUT2D eigenvalue weighted by Crippen LogP contribution is 2.36. The van der Waals surface area contributed by atoms with Gasteiger partial charge < -0.3 is 20.3 Å². The summed E-state index contributed by atoms with van der Waals surface area (Å²) in [4.78, 5) is 26.7. The molecule has 1 saturated heterocycles. The molecule has 1 fully saturated rings. The Kier molecular flexibility index (Phi) is 4.24. The largest absolute Gasteiger partial charge is 0.484 e. The van der Waals surface area contributed by atoms with E-state index in [-0.39, 0.29) is 30.5 Å². The average Bonchev–Trinajstić information content (AvgIpc) is 3.06. The summed E-state index contributed by atoms with van der Waals surface area (Å²) in [6.45, 7) is 2.53. The molecule has 6 heteroatoms. The minimum absolute atomic E-state index is 0.0170. The van der Waals surface area contributed by atoms with E-state index in [1.165, 1.54) is 0 Å². The molecule has 0 saturated carbocycles. The van der Waals surface area contributed by atoms with Gasteiger partial charge in [-0.15, -0.1) is 0 Å². The van der Waals surface area contributed by atoms with Gasteiger partial charge in [0.05, 0.1) is 11.4 Å². The summed E-state index contributed by atoms with van der Waals surface area (Å²) in [6.07, 6.45) is 0.594. The van der Waals surface area contributed by atoms with Crippen LogP contribution in [0.1, 0.15) is 12.0 Å². The number of benzene rings is 2. The Labute approximate surface area is 152 Å². The molecule has 4 rings (SSSR count). The predicted molar refractivity (Wildman–Crippen MR) is 99.4 cm³/mol. The van der Waals surface area contributed by atoms with E-state index in [4.69, 9.17) is 4.74 Å². The van der Waals surface area contributed by atoms with Gasteiger partial charge in [0, 0.05) is 12.6 Å². The van der Waals surface area contributed by atoms with Crippen molar-refractivity contribution in [3.8, 4) is 5.75 Å². The minimum Gasteiger partial charge on any atom is -0.484 e. The lowest BCUT2D eigenvalue weighted by atomic mass is 10.1. The molecular formula is C20H21N3O3. The Morgan fingerprint density at radius 2 is 2.00 bits per heavy atom. The summed E-state index contributed by atoms with van der Waals surface area (Å²) >= 11 is 0. The molecule has 2 aromatic carbocycles. The molecule has 0 aliphatic carbocycles. The van der Waals surface area contributed by atoms with E-state index < -0.39 is 0 Å². The van der Waals surface area contributed by atoms with E-state index in [1.807, 2.05) is 55.5 Å². The van der Waals surface area contributed by atoms with Crippen molar-refractivity contribution >= 4 is 23.2 Å². The van der Waals surface area contributed by atoms with Crippen LogP contribution in [0.3, 0.4) is 0 Å². The number of aryl methyl sites for hydroxylation is 1. The molecule has 2 aliphatic heterocycles. The Bertz CT molecular complexity index is 852. The quantitative estimate of drug-likeness (QED) is 0.885. The van der Waals surface area contributed by atoms with E-state index in [2.05, 4.69) is 15.5 Å². The Morgan fingerprint density at radius 3 is 2.85 bits per heavy atom. The molecule has 2 aromatic rings. The predicted octanol–water partition coefficient (Wildman–Crippen LogP) is 2.09. The zero-order chi connectivity index (χ0) is 18.1. The molecule has 0 aromatic heterocycles. The number of ether oxygens (including phenoxy) is 1. The number of nitrogens with zero attached hydrogens (tertiary/aromatic N) is 1. The van der Waals surface area contributed by atoms with Gasteiger partial charge in [0.1, 0.15) is 11.8 Å². The van der Waals surface area contributed by atoms with Crippen LogP contribution in [0, 0.1) is 6.92 Å². The van der Waals surface area contributed by atoms with Crippen LogP contribution in [0.4, 0.5) is 11.4 Å². The van der Waals surface area contributed by atoms with E-state index >= 15 is 0 Å². The molecule has 0 bridgehead atoms. The number of amides is 2. The first-order valence-corrected chi connectivity index (χ1v) is 8.76. The highest BCUT2D eigenvalue weighted by Gasteiger charge is 2.41. The highest BCUT2D eigenvalue weighted by atomic mass is 16.5. The first-order valence-electron chi connectivity index (χ1n) is 8.76. The molecule has 6 nitrogen and oxygen atoms in total. The second-order valence-corrected chi connectivity index (χ2v) is 6.73. The number of para-hydroxylation sites is 3. The maximum Gasteiger partial charge on any atom is 0.258 e. The minimum atomic E-state index is -0.243. The van der Waals surface area contributed by atoms with Gasteiger partial charge in [-0.3, -0.25) is 9.59 Å². The smallest absolute Gasteiger partial charge is 0.258 e. The maximum absolute atomic E-state index is 12.3. The van der Waals surface area contributed by atoms with Gasteiger partial charge in [0.15, 0.2) is 6.61 Å².